The SMILES string of the molecule is N#Cc1nc2c(o1)c(-c1ccc(-c3ccc(-c4nc(-c5ccccc5)nc(-c5ccccc5)n4)cc3)c3ccccc13)cc1oc3ccccc3c12. The monoisotopic (exact) mass is 667 g/mol. The summed E-state index contributed by atoms with van der Waals surface area (Å²) in [5, 5.41) is 13.6. The van der Waals surface area contributed by atoms with Crippen molar-refractivity contribution >= 4 is 43.8 Å². The van der Waals surface area contributed by atoms with Gasteiger partial charge < -0.3 is 8.83 Å². The Bertz CT molecular complexity index is 2960. The molecule has 0 radical (unpaired) electrons. The molecule has 0 aliphatic heterocycles. The van der Waals surface area contributed by atoms with Crippen LogP contribution in [-0.2, 0) is 0 Å². The highest BCUT2D eigenvalue weighted by Gasteiger charge is 2.22. The number of nitrogens with zero attached hydrogens (tertiary/aromatic N) is 5. The van der Waals surface area contributed by atoms with Crippen LogP contribution in [0.2, 0.25) is 0 Å². The lowest BCUT2D eigenvalue weighted by molar-refractivity contribution is 0.585. The first-order chi connectivity index (χ1) is 25.7. The van der Waals surface area contributed by atoms with Crippen molar-refractivity contribution in [2.24, 2.45) is 0 Å². The Hall–Kier alpha value is -7.43. The van der Waals surface area contributed by atoms with Crippen LogP contribution < -0.4 is 0 Å². The summed E-state index contributed by atoms with van der Waals surface area (Å²) in [7, 11) is 0. The number of para-hydroxylation sites is 1. The van der Waals surface area contributed by atoms with Gasteiger partial charge in [0.25, 0.3) is 0 Å². The number of hydrogen-bond acceptors (Lipinski definition) is 7. The zero-order valence-electron chi connectivity index (χ0n) is 27.5. The molecule has 0 saturated heterocycles. The summed E-state index contributed by atoms with van der Waals surface area (Å²) in [6, 6.07) is 52.8. The number of oxazole rings is 1. The lowest BCUT2D eigenvalue weighted by Crippen LogP contribution is -2.00. The smallest absolute Gasteiger partial charge is 0.301 e. The maximum atomic E-state index is 9.75. The summed E-state index contributed by atoms with van der Waals surface area (Å²) in [5.74, 6) is 1.87. The second-order valence-corrected chi connectivity index (χ2v) is 12.5. The second-order valence-electron chi connectivity index (χ2n) is 12.5. The van der Waals surface area contributed by atoms with Crippen LogP contribution in [0.4, 0.5) is 0 Å². The van der Waals surface area contributed by atoms with Gasteiger partial charge >= 0.3 is 5.89 Å². The molecule has 0 saturated carbocycles. The Morgan fingerprint density at radius 1 is 0.423 bits per heavy atom. The van der Waals surface area contributed by atoms with Gasteiger partial charge in [0.05, 0.1) is 5.39 Å². The van der Waals surface area contributed by atoms with Gasteiger partial charge in [-0.3, -0.25) is 0 Å². The van der Waals surface area contributed by atoms with Crippen LogP contribution in [0.3, 0.4) is 0 Å². The number of benzene rings is 7. The molecule has 0 aliphatic rings. The van der Waals surface area contributed by atoms with Crippen molar-refractivity contribution in [3.05, 3.63) is 158 Å². The fraction of sp³-hybridized carbons (Fsp3) is 0. The van der Waals surface area contributed by atoms with Crippen molar-refractivity contribution in [3.63, 3.8) is 0 Å². The van der Waals surface area contributed by atoms with E-state index in [2.05, 4.69) is 59.6 Å². The van der Waals surface area contributed by atoms with Crippen LogP contribution in [0.15, 0.2) is 160 Å². The van der Waals surface area contributed by atoms with Crippen LogP contribution in [0.25, 0.3) is 100 Å². The molecule has 7 heteroatoms. The first-order valence-corrected chi connectivity index (χ1v) is 16.9. The molecule has 0 N–H and O–H groups in total. The molecule has 0 fully saturated rings. The minimum atomic E-state index is 0.0139. The first-order valence-electron chi connectivity index (χ1n) is 16.9. The Kier molecular flexibility index (Phi) is 6.73. The second kappa shape index (κ2) is 11.9. The summed E-state index contributed by atoms with van der Waals surface area (Å²) in [5.41, 5.74) is 9.26. The van der Waals surface area contributed by atoms with E-state index in [0.29, 0.717) is 34.2 Å². The number of rotatable bonds is 5. The van der Waals surface area contributed by atoms with E-state index in [1.807, 2.05) is 103 Å². The minimum absolute atomic E-state index is 0.0139. The maximum Gasteiger partial charge on any atom is 0.301 e. The van der Waals surface area contributed by atoms with E-state index in [1.165, 1.54) is 0 Å². The Morgan fingerprint density at radius 2 is 0.942 bits per heavy atom. The Morgan fingerprint density at radius 3 is 1.58 bits per heavy atom. The largest absolute Gasteiger partial charge is 0.456 e. The minimum Gasteiger partial charge on any atom is -0.456 e. The fourth-order valence-corrected chi connectivity index (χ4v) is 7.05. The zero-order chi connectivity index (χ0) is 34.6. The number of hydrogen-bond donors (Lipinski definition) is 0. The van der Waals surface area contributed by atoms with E-state index in [4.69, 9.17) is 23.8 Å². The molecule has 7 nitrogen and oxygen atoms in total. The first kappa shape index (κ1) is 29.5. The van der Waals surface area contributed by atoms with Crippen LogP contribution in [0, 0.1) is 11.3 Å². The molecular formula is C45H25N5O2. The van der Waals surface area contributed by atoms with Crippen LogP contribution in [-0.4, -0.2) is 19.9 Å². The van der Waals surface area contributed by atoms with Crippen molar-refractivity contribution in [2.45, 2.75) is 0 Å². The van der Waals surface area contributed by atoms with E-state index in [1.54, 1.807) is 0 Å². The summed E-state index contributed by atoms with van der Waals surface area (Å²) in [6.07, 6.45) is 0. The van der Waals surface area contributed by atoms with E-state index in [0.717, 1.165) is 66.1 Å². The third-order valence-electron chi connectivity index (χ3n) is 9.47. The van der Waals surface area contributed by atoms with Gasteiger partial charge in [-0.1, -0.05) is 140 Å². The number of furan rings is 1. The molecule has 0 amide bonds. The Balaban J connectivity index is 1.09. The number of aromatic nitrogens is 4. The molecule has 0 unspecified atom stereocenters. The van der Waals surface area contributed by atoms with Crippen LogP contribution in [0.1, 0.15) is 5.89 Å². The van der Waals surface area contributed by atoms with Crippen molar-refractivity contribution in [2.75, 3.05) is 0 Å². The summed E-state index contributed by atoms with van der Waals surface area (Å²) in [4.78, 5) is 19.2. The van der Waals surface area contributed by atoms with Crippen LogP contribution in [0.5, 0.6) is 0 Å². The summed E-state index contributed by atoms with van der Waals surface area (Å²) < 4.78 is 12.4. The molecular weight excluding hydrogens is 643 g/mol. The molecule has 3 aromatic heterocycles. The van der Waals surface area contributed by atoms with Gasteiger partial charge in [0.15, 0.2) is 29.1 Å². The quantitative estimate of drug-likeness (QED) is 0.180. The predicted molar refractivity (Wildman–Crippen MR) is 204 cm³/mol. The Labute approximate surface area is 297 Å². The van der Waals surface area contributed by atoms with Gasteiger partial charge in [-0.15, -0.1) is 0 Å². The highest BCUT2D eigenvalue weighted by molar-refractivity contribution is 6.21. The van der Waals surface area contributed by atoms with Crippen molar-refractivity contribution < 1.29 is 8.83 Å². The normalized spacial score (nSPS) is 11.4. The van der Waals surface area contributed by atoms with Crippen LogP contribution >= 0.6 is 0 Å². The molecule has 10 rings (SSSR count). The third-order valence-corrected chi connectivity index (χ3v) is 9.47. The molecule has 10 aromatic rings. The molecule has 0 bridgehead atoms. The molecule has 0 aliphatic carbocycles. The molecule has 3 heterocycles. The topological polar surface area (TPSA) is 102 Å². The van der Waals surface area contributed by atoms with E-state index < -0.39 is 0 Å². The van der Waals surface area contributed by atoms with Gasteiger partial charge in [-0.25, -0.2) is 15.0 Å². The average Bonchev–Trinajstić information content (AvgIpc) is 3.82. The highest BCUT2D eigenvalue weighted by atomic mass is 16.4. The number of fused-ring (bicyclic) bond motifs is 6. The highest BCUT2D eigenvalue weighted by Crippen LogP contribution is 2.43. The van der Waals surface area contributed by atoms with E-state index >= 15 is 0 Å². The zero-order valence-corrected chi connectivity index (χ0v) is 27.5. The van der Waals surface area contributed by atoms with E-state index in [-0.39, 0.29) is 5.89 Å². The predicted octanol–water partition coefficient (Wildman–Crippen LogP) is 11.3. The van der Waals surface area contributed by atoms with Gasteiger partial charge in [0.1, 0.15) is 16.7 Å². The van der Waals surface area contributed by atoms with Crippen molar-refractivity contribution in [1.82, 2.24) is 19.9 Å². The lowest BCUT2D eigenvalue weighted by atomic mass is 9.91. The van der Waals surface area contributed by atoms with Gasteiger partial charge in [-0.05, 0) is 39.6 Å². The van der Waals surface area contributed by atoms with E-state index in [9.17, 15) is 5.26 Å². The fourth-order valence-electron chi connectivity index (χ4n) is 7.05. The molecule has 0 atom stereocenters. The van der Waals surface area contributed by atoms with Crippen molar-refractivity contribution in [3.8, 4) is 62.5 Å². The lowest BCUT2D eigenvalue weighted by Gasteiger charge is -2.13. The molecule has 242 valence electrons. The van der Waals surface area contributed by atoms with Gasteiger partial charge in [0, 0.05) is 27.6 Å². The average molecular weight is 668 g/mol. The summed E-state index contributed by atoms with van der Waals surface area (Å²) in [6.45, 7) is 0. The third kappa shape index (κ3) is 4.82. The molecule has 0 spiro atoms. The summed E-state index contributed by atoms with van der Waals surface area (Å²) >= 11 is 0. The van der Waals surface area contributed by atoms with Crippen molar-refractivity contribution in [1.29, 1.82) is 5.26 Å². The molecule has 52 heavy (non-hydrogen) atoms. The standard InChI is InChI=1S/C45H25N5O2/c46-26-39-47-41-40-35-17-9-10-18-37(35)51-38(40)25-36(42(41)52-39)34-24-23-31(32-15-7-8-16-33(32)34)27-19-21-30(22-20-27)45-49-43(28-11-3-1-4-12-28)48-44(50-45)29-13-5-2-6-14-29/h1-25H. The maximum absolute atomic E-state index is 9.75. The van der Waals surface area contributed by atoms with Gasteiger partial charge in [-0.2, -0.15) is 10.2 Å². The molecule has 7 aromatic carbocycles. The number of nitriles is 1. The van der Waals surface area contributed by atoms with Gasteiger partial charge in [0.2, 0.25) is 0 Å².